The molecule has 6 nitrogen and oxygen atoms in total. The number of aryl methyl sites for hydroxylation is 1. The molecule has 4 aromatic rings. The van der Waals surface area contributed by atoms with E-state index in [1.165, 1.54) is 0 Å². The van der Waals surface area contributed by atoms with Gasteiger partial charge in [0.05, 0.1) is 11.9 Å². The Balaban J connectivity index is 1.30. The minimum absolute atomic E-state index is 0.220. The van der Waals surface area contributed by atoms with Gasteiger partial charge in [0.2, 0.25) is 6.79 Å². The first-order valence-electron chi connectivity index (χ1n) is 10.3. The number of amides is 1. The van der Waals surface area contributed by atoms with E-state index in [0.717, 1.165) is 28.2 Å². The summed E-state index contributed by atoms with van der Waals surface area (Å²) in [7, 11) is 0. The highest BCUT2D eigenvalue weighted by Gasteiger charge is 2.13. The van der Waals surface area contributed by atoms with Crippen molar-refractivity contribution in [3.05, 3.63) is 102 Å². The van der Waals surface area contributed by atoms with Gasteiger partial charge in [0.1, 0.15) is 0 Å². The molecule has 1 amide bonds. The summed E-state index contributed by atoms with van der Waals surface area (Å²) in [4.78, 5) is 12.5. The van der Waals surface area contributed by atoms with Crippen LogP contribution in [-0.4, -0.2) is 23.5 Å². The highest BCUT2D eigenvalue weighted by atomic mass is 16.7. The Kier molecular flexibility index (Phi) is 5.17. The van der Waals surface area contributed by atoms with Crippen molar-refractivity contribution in [2.24, 2.45) is 5.10 Å². The first-order valence-corrected chi connectivity index (χ1v) is 10.3. The Morgan fingerprint density at radius 3 is 2.53 bits per heavy atom. The molecule has 0 aliphatic carbocycles. The molecule has 0 spiro atoms. The van der Waals surface area contributed by atoms with Gasteiger partial charge in [-0.1, -0.05) is 30.3 Å². The minimum Gasteiger partial charge on any atom is -0.454 e. The van der Waals surface area contributed by atoms with Gasteiger partial charge in [-0.05, 0) is 72.6 Å². The van der Waals surface area contributed by atoms with Crippen LogP contribution in [0, 0.1) is 6.92 Å². The molecule has 3 aromatic carbocycles. The lowest BCUT2D eigenvalue weighted by Gasteiger charge is -2.12. The number of benzene rings is 3. The van der Waals surface area contributed by atoms with Crippen LogP contribution in [0.2, 0.25) is 0 Å². The molecular formula is C26H21N3O3. The third-order valence-corrected chi connectivity index (χ3v) is 5.31. The second kappa shape index (κ2) is 8.43. The fourth-order valence-electron chi connectivity index (χ4n) is 3.70. The summed E-state index contributed by atoms with van der Waals surface area (Å²) in [5, 5.41) is 4.06. The smallest absolute Gasteiger partial charge is 0.271 e. The minimum atomic E-state index is -0.277. The number of hydrazone groups is 1. The Morgan fingerprint density at radius 1 is 0.938 bits per heavy atom. The Bertz CT molecular complexity index is 1290. The standard InChI is InChI=1S/C26H21N3O3/c1-18-7-13-23(20-5-3-2-4-6-20)29(18)22-11-9-21(10-12-22)26(30)28-27-16-19-8-14-24-25(15-19)32-17-31-24/h2-16H,17H2,1H3,(H,28,30)/b27-16+. The topological polar surface area (TPSA) is 64.9 Å². The van der Waals surface area contributed by atoms with Gasteiger partial charge < -0.3 is 14.0 Å². The Hall–Kier alpha value is -4.32. The molecule has 0 atom stereocenters. The van der Waals surface area contributed by atoms with E-state index in [4.69, 9.17) is 9.47 Å². The largest absolute Gasteiger partial charge is 0.454 e. The number of carbonyl (C=O) groups excluding carboxylic acids is 1. The lowest BCUT2D eigenvalue weighted by Crippen LogP contribution is -2.17. The molecule has 158 valence electrons. The van der Waals surface area contributed by atoms with Crippen LogP contribution >= 0.6 is 0 Å². The molecular weight excluding hydrogens is 402 g/mol. The highest BCUT2D eigenvalue weighted by Crippen LogP contribution is 2.32. The molecule has 6 heteroatoms. The maximum Gasteiger partial charge on any atom is 0.271 e. The van der Waals surface area contributed by atoms with Gasteiger partial charge in [0, 0.05) is 16.9 Å². The van der Waals surface area contributed by atoms with E-state index in [2.05, 4.69) is 46.3 Å². The van der Waals surface area contributed by atoms with Crippen LogP contribution in [0.15, 0.2) is 90.0 Å². The molecule has 1 N–H and O–H groups in total. The number of hydrogen-bond donors (Lipinski definition) is 1. The van der Waals surface area contributed by atoms with E-state index in [0.29, 0.717) is 17.1 Å². The summed E-state index contributed by atoms with van der Waals surface area (Å²) in [6, 6.07) is 27.4. The number of nitrogens with zero attached hydrogens (tertiary/aromatic N) is 2. The van der Waals surface area contributed by atoms with Crippen molar-refractivity contribution in [2.75, 3.05) is 6.79 Å². The highest BCUT2D eigenvalue weighted by molar-refractivity contribution is 5.95. The van der Waals surface area contributed by atoms with Crippen LogP contribution in [-0.2, 0) is 0 Å². The molecule has 0 bridgehead atoms. The van der Waals surface area contributed by atoms with Crippen molar-refractivity contribution >= 4 is 12.1 Å². The molecule has 2 heterocycles. The van der Waals surface area contributed by atoms with Gasteiger partial charge in [-0.2, -0.15) is 5.10 Å². The number of ether oxygens (including phenoxy) is 2. The average molecular weight is 423 g/mol. The van der Waals surface area contributed by atoms with Gasteiger partial charge in [-0.15, -0.1) is 0 Å². The van der Waals surface area contributed by atoms with Crippen molar-refractivity contribution in [1.82, 2.24) is 9.99 Å². The van der Waals surface area contributed by atoms with E-state index in [9.17, 15) is 4.79 Å². The van der Waals surface area contributed by atoms with Crippen molar-refractivity contribution in [3.8, 4) is 28.4 Å². The molecule has 1 aliphatic rings. The van der Waals surface area contributed by atoms with E-state index in [-0.39, 0.29) is 12.7 Å². The van der Waals surface area contributed by atoms with Crippen molar-refractivity contribution in [2.45, 2.75) is 6.92 Å². The Labute approximate surface area is 185 Å². The predicted molar refractivity (Wildman–Crippen MR) is 124 cm³/mol. The SMILES string of the molecule is Cc1ccc(-c2ccccc2)n1-c1ccc(C(=O)N/N=C/c2ccc3c(c2)OCO3)cc1. The predicted octanol–water partition coefficient (Wildman–Crippen LogP) is 4.95. The summed E-state index contributed by atoms with van der Waals surface area (Å²) < 4.78 is 12.8. The van der Waals surface area contributed by atoms with E-state index < -0.39 is 0 Å². The third-order valence-electron chi connectivity index (χ3n) is 5.31. The number of rotatable bonds is 5. The quantitative estimate of drug-likeness (QED) is 0.365. The van der Waals surface area contributed by atoms with E-state index >= 15 is 0 Å². The summed E-state index contributed by atoms with van der Waals surface area (Å²) in [5.41, 5.74) is 8.26. The number of fused-ring (bicyclic) bond motifs is 1. The summed E-state index contributed by atoms with van der Waals surface area (Å²) in [6.07, 6.45) is 1.57. The van der Waals surface area contributed by atoms with Gasteiger partial charge in [0.15, 0.2) is 11.5 Å². The molecule has 0 fully saturated rings. The third kappa shape index (κ3) is 3.86. The lowest BCUT2D eigenvalue weighted by molar-refractivity contribution is 0.0955. The van der Waals surface area contributed by atoms with Crippen molar-refractivity contribution in [1.29, 1.82) is 0 Å². The summed E-state index contributed by atoms with van der Waals surface area (Å²) >= 11 is 0. The zero-order valence-electron chi connectivity index (χ0n) is 17.5. The summed E-state index contributed by atoms with van der Waals surface area (Å²) in [6.45, 7) is 2.29. The van der Waals surface area contributed by atoms with Crippen LogP contribution in [0.1, 0.15) is 21.6 Å². The van der Waals surface area contributed by atoms with Crippen LogP contribution in [0.5, 0.6) is 11.5 Å². The van der Waals surface area contributed by atoms with Crippen LogP contribution in [0.25, 0.3) is 16.9 Å². The average Bonchev–Trinajstić information content (AvgIpc) is 3.46. The van der Waals surface area contributed by atoms with E-state index in [1.54, 1.807) is 18.3 Å². The normalized spacial score (nSPS) is 12.3. The first-order chi connectivity index (χ1) is 15.7. The molecule has 1 aliphatic heterocycles. The molecule has 0 unspecified atom stereocenters. The molecule has 1 aromatic heterocycles. The fraction of sp³-hybridized carbons (Fsp3) is 0.0769. The molecule has 0 saturated heterocycles. The maximum atomic E-state index is 12.5. The van der Waals surface area contributed by atoms with Crippen molar-refractivity contribution < 1.29 is 14.3 Å². The Morgan fingerprint density at radius 2 is 1.72 bits per heavy atom. The van der Waals surface area contributed by atoms with Crippen LogP contribution < -0.4 is 14.9 Å². The molecule has 5 rings (SSSR count). The van der Waals surface area contributed by atoms with E-state index in [1.807, 2.05) is 48.5 Å². The van der Waals surface area contributed by atoms with Gasteiger partial charge >= 0.3 is 0 Å². The first kappa shape index (κ1) is 19.6. The van der Waals surface area contributed by atoms with Gasteiger partial charge in [-0.3, -0.25) is 4.79 Å². The van der Waals surface area contributed by atoms with Gasteiger partial charge in [-0.25, -0.2) is 5.43 Å². The fourth-order valence-corrected chi connectivity index (χ4v) is 3.70. The number of carbonyl (C=O) groups is 1. The number of nitrogens with one attached hydrogen (secondary N) is 1. The molecule has 32 heavy (non-hydrogen) atoms. The number of aromatic nitrogens is 1. The second-order valence-corrected chi connectivity index (χ2v) is 7.42. The van der Waals surface area contributed by atoms with Gasteiger partial charge in [0.25, 0.3) is 5.91 Å². The van der Waals surface area contributed by atoms with Crippen LogP contribution in [0.3, 0.4) is 0 Å². The zero-order chi connectivity index (χ0) is 21.9. The molecule has 0 saturated carbocycles. The number of hydrogen-bond acceptors (Lipinski definition) is 4. The zero-order valence-corrected chi connectivity index (χ0v) is 17.5. The van der Waals surface area contributed by atoms with Crippen molar-refractivity contribution in [3.63, 3.8) is 0 Å². The maximum absolute atomic E-state index is 12.5. The van der Waals surface area contributed by atoms with Crippen LogP contribution in [0.4, 0.5) is 0 Å². The second-order valence-electron chi connectivity index (χ2n) is 7.42. The summed E-state index contributed by atoms with van der Waals surface area (Å²) in [5.74, 6) is 1.10. The lowest BCUT2D eigenvalue weighted by atomic mass is 10.1. The monoisotopic (exact) mass is 423 g/mol. The molecule has 0 radical (unpaired) electrons.